The van der Waals surface area contributed by atoms with Crippen LogP contribution in [0.2, 0.25) is 0 Å². The summed E-state index contributed by atoms with van der Waals surface area (Å²) < 4.78 is 38.5. The fraction of sp³-hybridized carbons (Fsp3) is 0.533. The van der Waals surface area contributed by atoms with Gasteiger partial charge in [0.2, 0.25) is 17.2 Å². The Morgan fingerprint density at radius 2 is 1.91 bits per heavy atom. The molecule has 0 spiro atoms. The maximum Gasteiger partial charge on any atom is 0.341 e. The van der Waals surface area contributed by atoms with Crippen LogP contribution >= 0.6 is 0 Å². The number of benzene rings is 1. The van der Waals surface area contributed by atoms with E-state index in [0.29, 0.717) is 36.9 Å². The average Bonchev–Trinajstić information content (AvgIpc) is 3.80. The number of ether oxygens (including phenoxy) is 1. The molecule has 43 heavy (non-hydrogen) atoms. The van der Waals surface area contributed by atoms with Gasteiger partial charge in [-0.05, 0) is 56.6 Å². The highest BCUT2D eigenvalue weighted by molar-refractivity contribution is 5.97. The van der Waals surface area contributed by atoms with Gasteiger partial charge in [0.1, 0.15) is 23.1 Å². The molecule has 1 saturated heterocycles. The van der Waals surface area contributed by atoms with E-state index in [-0.39, 0.29) is 35.3 Å². The van der Waals surface area contributed by atoms with Crippen molar-refractivity contribution in [2.45, 2.75) is 71.0 Å². The zero-order valence-corrected chi connectivity index (χ0v) is 24.8. The van der Waals surface area contributed by atoms with Crippen LogP contribution in [0.15, 0.2) is 28.5 Å². The number of carboxylic acids is 1. The second-order valence-electron chi connectivity index (χ2n) is 11.7. The number of methoxy groups -OCH3 is 1. The lowest BCUT2D eigenvalue weighted by atomic mass is 10.0. The Bertz CT molecular complexity index is 1510. The van der Waals surface area contributed by atoms with Gasteiger partial charge in [0, 0.05) is 25.3 Å². The Hall–Kier alpha value is -4.00. The number of fused-ring (bicyclic) bond motifs is 1. The maximum absolute atomic E-state index is 15.7. The van der Waals surface area contributed by atoms with Gasteiger partial charge in [-0.3, -0.25) is 14.4 Å². The number of halogens is 2. The van der Waals surface area contributed by atoms with E-state index in [2.05, 4.69) is 10.6 Å². The van der Waals surface area contributed by atoms with Gasteiger partial charge in [0.25, 0.3) is 0 Å². The predicted molar refractivity (Wildman–Crippen MR) is 158 cm³/mol. The van der Waals surface area contributed by atoms with E-state index in [1.807, 2.05) is 13.8 Å². The zero-order chi connectivity index (χ0) is 31.6. The molecule has 1 aliphatic carbocycles. The number of aromatic carboxylic acids is 1. The van der Waals surface area contributed by atoms with Gasteiger partial charge in [-0.2, -0.15) is 0 Å². The molecule has 2 aromatic rings. The summed E-state index contributed by atoms with van der Waals surface area (Å²) in [7, 11) is 1.35. The Balaban J connectivity index is 1.62. The van der Waals surface area contributed by atoms with Gasteiger partial charge in [0.05, 0.1) is 30.6 Å². The molecular formula is C30H39F2N5O6. The first kappa shape index (κ1) is 31.9. The van der Waals surface area contributed by atoms with Gasteiger partial charge in [-0.15, -0.1) is 0 Å². The summed E-state index contributed by atoms with van der Waals surface area (Å²) in [4.78, 5) is 51.3. The number of nitrogens with zero attached hydrogens (tertiary/aromatic N) is 2. The standard InChI is InChI=1S/C30H39F2N5O6/c1-15(2)10-23(35-28(39)16(3)33)29(40)34-12-22(32)17-6-5-9-36(13-17)25-21(31)11-19-24(27(25)43-4)37(18-7-8-18)14-20(26(19)38)30(41)42/h11,14-16,18,23H,5-10,12-13,33H2,1-4H3,(H,34,40)(H,35,39)(H,41,42)/b22-17+. The molecule has 4 rings (SSSR count). The second-order valence-corrected chi connectivity index (χ2v) is 11.7. The first-order valence-electron chi connectivity index (χ1n) is 14.5. The smallest absolute Gasteiger partial charge is 0.341 e. The lowest BCUT2D eigenvalue weighted by Crippen LogP contribution is -2.51. The normalized spacial score (nSPS) is 17.9. The molecule has 1 saturated carbocycles. The number of hydrogen-bond donors (Lipinski definition) is 4. The van der Waals surface area contributed by atoms with E-state index < -0.39 is 59.0 Å². The first-order chi connectivity index (χ1) is 20.3. The third-order valence-corrected chi connectivity index (χ3v) is 7.73. The number of hydrogen-bond acceptors (Lipinski definition) is 7. The minimum Gasteiger partial charge on any atom is -0.492 e. The van der Waals surface area contributed by atoms with Gasteiger partial charge in [0.15, 0.2) is 11.6 Å². The monoisotopic (exact) mass is 603 g/mol. The molecule has 2 unspecified atom stereocenters. The molecule has 2 fully saturated rings. The van der Waals surface area contributed by atoms with Crippen molar-refractivity contribution in [2.24, 2.45) is 11.7 Å². The largest absolute Gasteiger partial charge is 0.492 e. The highest BCUT2D eigenvalue weighted by atomic mass is 19.1. The average molecular weight is 604 g/mol. The number of amides is 2. The number of rotatable bonds is 11. The van der Waals surface area contributed by atoms with Crippen molar-refractivity contribution in [1.82, 2.24) is 15.2 Å². The van der Waals surface area contributed by atoms with E-state index in [0.717, 1.165) is 18.9 Å². The number of nitrogens with one attached hydrogen (secondary N) is 2. The topological polar surface area (TPSA) is 156 Å². The third-order valence-electron chi connectivity index (χ3n) is 7.73. The molecule has 2 atom stereocenters. The van der Waals surface area contributed by atoms with E-state index in [9.17, 15) is 24.3 Å². The van der Waals surface area contributed by atoms with Crippen LogP contribution in [0.3, 0.4) is 0 Å². The number of piperidine rings is 1. The minimum atomic E-state index is -1.40. The summed E-state index contributed by atoms with van der Waals surface area (Å²) in [6, 6.07) is -0.703. The molecule has 2 aliphatic rings. The molecule has 1 aliphatic heterocycles. The number of carbonyl (C=O) groups is 3. The fourth-order valence-electron chi connectivity index (χ4n) is 5.43. The van der Waals surface area contributed by atoms with Crippen LogP contribution in [0.1, 0.15) is 69.3 Å². The zero-order valence-electron chi connectivity index (χ0n) is 24.8. The van der Waals surface area contributed by atoms with Crippen molar-refractivity contribution in [3.63, 3.8) is 0 Å². The molecule has 1 aromatic heterocycles. The lowest BCUT2D eigenvalue weighted by molar-refractivity contribution is -0.129. The number of carboxylic acid groups (broad SMARTS) is 1. The van der Waals surface area contributed by atoms with Crippen LogP contribution in [-0.4, -0.2) is 66.3 Å². The van der Waals surface area contributed by atoms with Crippen molar-refractivity contribution in [2.75, 3.05) is 31.6 Å². The fourth-order valence-corrected chi connectivity index (χ4v) is 5.43. The quantitative estimate of drug-likeness (QED) is 0.306. The van der Waals surface area contributed by atoms with Crippen LogP contribution in [0.25, 0.3) is 10.9 Å². The van der Waals surface area contributed by atoms with Crippen molar-refractivity contribution in [1.29, 1.82) is 0 Å². The number of carbonyl (C=O) groups excluding carboxylic acids is 2. The minimum absolute atomic E-state index is 0.0121. The van der Waals surface area contributed by atoms with Gasteiger partial charge in [-0.1, -0.05) is 13.8 Å². The summed E-state index contributed by atoms with van der Waals surface area (Å²) in [5.41, 5.74) is 5.08. The highest BCUT2D eigenvalue weighted by Crippen LogP contribution is 2.44. The third kappa shape index (κ3) is 6.98. The first-order valence-corrected chi connectivity index (χ1v) is 14.5. The molecule has 0 bridgehead atoms. The van der Waals surface area contributed by atoms with Gasteiger partial charge in [-0.25, -0.2) is 13.6 Å². The van der Waals surface area contributed by atoms with Crippen LogP contribution < -0.4 is 31.4 Å². The van der Waals surface area contributed by atoms with E-state index in [1.165, 1.54) is 20.2 Å². The Morgan fingerprint density at radius 3 is 2.49 bits per heavy atom. The lowest BCUT2D eigenvalue weighted by Gasteiger charge is -2.33. The van der Waals surface area contributed by atoms with Crippen LogP contribution in [0.5, 0.6) is 5.75 Å². The van der Waals surface area contributed by atoms with Crippen LogP contribution in [0.4, 0.5) is 14.5 Å². The van der Waals surface area contributed by atoms with E-state index in [4.69, 9.17) is 10.5 Å². The number of aromatic nitrogens is 1. The van der Waals surface area contributed by atoms with E-state index >= 15 is 8.78 Å². The van der Waals surface area contributed by atoms with Crippen molar-refractivity contribution in [3.8, 4) is 5.75 Å². The SMILES string of the molecule is COc1c(N2CCC/C(=C(\F)CNC(=O)C(CC(C)C)NC(=O)C(C)N)C2)c(F)cc2c(=O)c(C(=O)O)cn(C3CC3)c12. The molecule has 13 heteroatoms. The Kier molecular flexibility index (Phi) is 9.73. The highest BCUT2D eigenvalue weighted by Gasteiger charge is 2.32. The summed E-state index contributed by atoms with van der Waals surface area (Å²) in [5.74, 6) is -3.62. The molecule has 11 nitrogen and oxygen atoms in total. The predicted octanol–water partition coefficient (Wildman–Crippen LogP) is 3.00. The van der Waals surface area contributed by atoms with E-state index in [1.54, 1.807) is 9.47 Å². The molecule has 1 aromatic carbocycles. The van der Waals surface area contributed by atoms with Crippen LogP contribution in [0, 0.1) is 11.7 Å². The Morgan fingerprint density at radius 1 is 1.21 bits per heavy atom. The maximum atomic E-state index is 15.7. The van der Waals surface area contributed by atoms with Gasteiger partial charge >= 0.3 is 5.97 Å². The van der Waals surface area contributed by atoms with Gasteiger partial charge < -0.3 is 35.7 Å². The summed E-state index contributed by atoms with van der Waals surface area (Å²) >= 11 is 0. The molecule has 0 radical (unpaired) electrons. The molecule has 2 amide bonds. The molecule has 234 valence electrons. The van der Waals surface area contributed by atoms with Crippen molar-refractivity contribution in [3.05, 3.63) is 45.3 Å². The molecule has 5 N–H and O–H groups in total. The molecule has 2 heterocycles. The number of anilines is 1. The number of nitrogens with two attached hydrogens (primary N) is 1. The van der Waals surface area contributed by atoms with Crippen LogP contribution in [-0.2, 0) is 9.59 Å². The second kappa shape index (κ2) is 13.1. The summed E-state index contributed by atoms with van der Waals surface area (Å²) in [6.45, 7) is 5.28. The number of pyridine rings is 1. The molecular weight excluding hydrogens is 564 g/mol. The summed E-state index contributed by atoms with van der Waals surface area (Å²) in [6.07, 6.45) is 4.05. The van der Waals surface area contributed by atoms with Crippen molar-refractivity contribution < 1.29 is 33.0 Å². The van der Waals surface area contributed by atoms with Crippen molar-refractivity contribution >= 4 is 34.4 Å². The summed E-state index contributed by atoms with van der Waals surface area (Å²) in [5, 5.41) is 14.6. The Labute approximate surface area is 248 Å².